The molecular weight excluding hydrogens is 378 g/mol. The summed E-state index contributed by atoms with van der Waals surface area (Å²) >= 11 is 5.50. The van der Waals surface area contributed by atoms with Gasteiger partial charge in [0.25, 0.3) is 12.0 Å². The predicted octanol–water partition coefficient (Wildman–Crippen LogP) is 4.17. The number of likely N-dealkylation sites (N-methyl/N-ethyl adjacent to an activating group) is 1. The molecule has 0 saturated heterocycles. The average Bonchev–Trinajstić information content (AvgIpc) is 2.70. The van der Waals surface area contributed by atoms with Crippen molar-refractivity contribution in [2.24, 2.45) is 5.16 Å². The van der Waals surface area contributed by atoms with Gasteiger partial charge in [-0.2, -0.15) is 8.78 Å². The van der Waals surface area contributed by atoms with Crippen LogP contribution in [0.25, 0.3) is 5.03 Å². The number of benzene rings is 2. The molecule has 142 valence electrons. The van der Waals surface area contributed by atoms with Crippen LogP contribution in [0.2, 0.25) is 0 Å². The second-order valence-electron chi connectivity index (χ2n) is 5.29. The molecule has 5 nitrogen and oxygen atoms in total. The molecule has 0 fully saturated rings. The number of oxime groups is 1. The maximum absolute atomic E-state index is 12.5. The minimum Gasteiger partial charge on any atom is -0.489 e. The van der Waals surface area contributed by atoms with E-state index in [4.69, 9.17) is 21.2 Å². The van der Waals surface area contributed by atoms with E-state index in [-0.39, 0.29) is 23.8 Å². The molecule has 1 N–H and O–H groups in total. The van der Waals surface area contributed by atoms with Crippen LogP contribution in [0.15, 0.2) is 59.8 Å². The van der Waals surface area contributed by atoms with Gasteiger partial charge in [0.15, 0.2) is 5.71 Å². The predicted molar refractivity (Wildman–Crippen MR) is 99.8 cm³/mol. The van der Waals surface area contributed by atoms with Crippen LogP contribution in [-0.2, 0) is 16.2 Å². The highest BCUT2D eigenvalue weighted by Crippen LogP contribution is 2.26. The van der Waals surface area contributed by atoms with Crippen molar-refractivity contribution in [1.82, 2.24) is 5.32 Å². The molecule has 0 aliphatic heterocycles. The van der Waals surface area contributed by atoms with E-state index in [2.05, 4.69) is 10.5 Å². The zero-order chi connectivity index (χ0) is 19.8. The standard InChI is InChI=1S/C19H17ClF2N2O3/c1-23-19(25)17(24-26-2)14-5-3-12(4-6-14)11-27-15-9-7-13(8-10-15)16(20)18(21)22/h3-10H,11H2,1-2H3,(H,23,25)/b24-17-. The molecule has 0 aliphatic rings. The second-order valence-corrected chi connectivity index (χ2v) is 5.66. The molecule has 0 aliphatic carbocycles. The largest absolute Gasteiger partial charge is 0.489 e. The van der Waals surface area contributed by atoms with Crippen molar-refractivity contribution in [2.75, 3.05) is 14.2 Å². The van der Waals surface area contributed by atoms with Gasteiger partial charge in [-0.05, 0) is 35.4 Å². The third-order valence-corrected chi connectivity index (χ3v) is 3.89. The molecule has 2 aromatic rings. The maximum atomic E-state index is 12.5. The molecule has 0 radical (unpaired) electrons. The first-order valence-corrected chi connectivity index (χ1v) is 8.20. The Morgan fingerprint density at radius 1 is 1.07 bits per heavy atom. The van der Waals surface area contributed by atoms with Crippen molar-refractivity contribution in [3.63, 3.8) is 0 Å². The Morgan fingerprint density at radius 2 is 1.67 bits per heavy atom. The van der Waals surface area contributed by atoms with Crippen molar-refractivity contribution in [3.05, 3.63) is 71.3 Å². The fourth-order valence-electron chi connectivity index (χ4n) is 2.17. The van der Waals surface area contributed by atoms with Gasteiger partial charge in [-0.15, -0.1) is 0 Å². The Hall–Kier alpha value is -2.93. The van der Waals surface area contributed by atoms with E-state index in [0.29, 0.717) is 11.3 Å². The molecule has 0 aromatic heterocycles. The van der Waals surface area contributed by atoms with E-state index >= 15 is 0 Å². The van der Waals surface area contributed by atoms with Crippen molar-refractivity contribution in [1.29, 1.82) is 0 Å². The highest BCUT2D eigenvalue weighted by atomic mass is 35.5. The van der Waals surface area contributed by atoms with Gasteiger partial charge in [-0.25, -0.2) is 0 Å². The molecule has 27 heavy (non-hydrogen) atoms. The third-order valence-electron chi connectivity index (χ3n) is 3.53. The lowest BCUT2D eigenvalue weighted by molar-refractivity contribution is -0.114. The molecule has 0 bridgehead atoms. The number of amides is 1. The van der Waals surface area contributed by atoms with Gasteiger partial charge in [0.05, 0.1) is 0 Å². The first-order valence-electron chi connectivity index (χ1n) is 7.82. The first kappa shape index (κ1) is 20.4. The van der Waals surface area contributed by atoms with Gasteiger partial charge in [0, 0.05) is 12.6 Å². The van der Waals surface area contributed by atoms with Gasteiger partial charge in [-0.1, -0.05) is 41.0 Å². The SMILES string of the molecule is CNC(=O)/C(=N\OC)c1ccc(COc2ccc(C(Cl)=C(F)F)cc2)cc1. The van der Waals surface area contributed by atoms with Crippen molar-refractivity contribution >= 4 is 28.3 Å². The fourth-order valence-corrected chi connectivity index (χ4v) is 2.29. The zero-order valence-electron chi connectivity index (χ0n) is 14.6. The number of rotatable bonds is 7. The quantitative estimate of drug-likeness (QED) is 0.566. The molecule has 0 spiro atoms. The normalized spacial score (nSPS) is 10.9. The molecule has 2 aromatic carbocycles. The van der Waals surface area contributed by atoms with Gasteiger partial charge in [0.1, 0.15) is 24.5 Å². The molecule has 2 rings (SSSR count). The van der Waals surface area contributed by atoms with Crippen molar-refractivity contribution in [2.45, 2.75) is 6.61 Å². The topological polar surface area (TPSA) is 59.9 Å². The van der Waals surface area contributed by atoms with Crippen molar-refractivity contribution in [3.8, 4) is 5.75 Å². The maximum Gasteiger partial charge on any atom is 0.289 e. The van der Waals surface area contributed by atoms with E-state index in [9.17, 15) is 13.6 Å². The number of ether oxygens (including phenoxy) is 1. The Kier molecular flexibility index (Phi) is 7.31. The Bertz CT molecular complexity index is 846. The van der Waals surface area contributed by atoms with Gasteiger partial charge < -0.3 is 14.9 Å². The number of nitrogens with zero attached hydrogens (tertiary/aromatic N) is 1. The second kappa shape index (κ2) is 9.68. The summed E-state index contributed by atoms with van der Waals surface area (Å²) < 4.78 is 30.6. The molecular formula is C19H17ClF2N2O3. The summed E-state index contributed by atoms with van der Waals surface area (Å²) in [6.45, 7) is 0.261. The molecule has 0 heterocycles. The highest BCUT2D eigenvalue weighted by molar-refractivity contribution is 6.48. The van der Waals surface area contributed by atoms with E-state index in [1.54, 1.807) is 36.4 Å². The lowest BCUT2D eigenvalue weighted by Crippen LogP contribution is -2.28. The highest BCUT2D eigenvalue weighted by Gasteiger charge is 2.13. The van der Waals surface area contributed by atoms with E-state index in [0.717, 1.165) is 5.56 Å². The van der Waals surface area contributed by atoms with Crippen LogP contribution in [0.4, 0.5) is 8.78 Å². The van der Waals surface area contributed by atoms with Gasteiger partial charge >= 0.3 is 0 Å². The molecule has 0 saturated carbocycles. The Balaban J connectivity index is 2.04. The number of halogens is 3. The molecule has 0 unspecified atom stereocenters. The lowest BCUT2D eigenvalue weighted by Gasteiger charge is -2.09. The van der Waals surface area contributed by atoms with E-state index in [1.807, 2.05) is 0 Å². The summed E-state index contributed by atoms with van der Waals surface area (Å²) in [5, 5.41) is 5.64. The Morgan fingerprint density at radius 3 is 2.19 bits per heavy atom. The van der Waals surface area contributed by atoms with Gasteiger partial charge in [0.2, 0.25) is 0 Å². The van der Waals surface area contributed by atoms with Crippen LogP contribution in [0.3, 0.4) is 0 Å². The van der Waals surface area contributed by atoms with E-state index < -0.39 is 11.1 Å². The number of hydrogen-bond acceptors (Lipinski definition) is 4. The number of carbonyl (C=O) groups is 1. The Labute approximate surface area is 160 Å². The van der Waals surface area contributed by atoms with Crippen molar-refractivity contribution < 1.29 is 23.1 Å². The minimum atomic E-state index is -1.93. The summed E-state index contributed by atoms with van der Waals surface area (Å²) in [6.07, 6.45) is -1.93. The average molecular weight is 395 g/mol. The zero-order valence-corrected chi connectivity index (χ0v) is 15.4. The molecule has 0 atom stereocenters. The van der Waals surface area contributed by atoms with Crippen LogP contribution in [0.1, 0.15) is 16.7 Å². The fraction of sp³-hybridized carbons (Fsp3) is 0.158. The number of hydrogen-bond donors (Lipinski definition) is 1. The lowest BCUT2D eigenvalue weighted by atomic mass is 10.1. The minimum absolute atomic E-state index is 0.160. The van der Waals surface area contributed by atoms with Crippen LogP contribution in [0, 0.1) is 0 Å². The molecule has 1 amide bonds. The van der Waals surface area contributed by atoms with Crippen LogP contribution in [0.5, 0.6) is 5.75 Å². The summed E-state index contributed by atoms with van der Waals surface area (Å²) in [7, 11) is 2.87. The summed E-state index contributed by atoms with van der Waals surface area (Å²) in [4.78, 5) is 16.5. The summed E-state index contributed by atoms with van der Waals surface area (Å²) in [6, 6.07) is 13.1. The van der Waals surface area contributed by atoms with Gasteiger partial charge in [-0.3, -0.25) is 4.79 Å². The first-order chi connectivity index (χ1) is 13.0. The summed E-state index contributed by atoms with van der Waals surface area (Å²) in [5.41, 5.74) is 1.82. The van der Waals surface area contributed by atoms with Crippen LogP contribution in [-0.4, -0.2) is 25.8 Å². The van der Waals surface area contributed by atoms with Crippen LogP contribution >= 0.6 is 11.6 Å². The number of carbonyl (C=O) groups excluding carboxylic acids is 1. The molecule has 8 heteroatoms. The number of nitrogens with one attached hydrogen (secondary N) is 1. The van der Waals surface area contributed by atoms with E-state index in [1.165, 1.54) is 26.3 Å². The third kappa shape index (κ3) is 5.52. The monoisotopic (exact) mass is 394 g/mol. The smallest absolute Gasteiger partial charge is 0.289 e. The van der Waals surface area contributed by atoms with Crippen LogP contribution < -0.4 is 10.1 Å². The summed E-state index contributed by atoms with van der Waals surface area (Å²) in [5.74, 6) is 0.150.